The Morgan fingerprint density at radius 1 is 1.09 bits per heavy atom. The standard InChI is InChI=1S/C19H19N3/c1-15-12-17-4-2-3-5-19(17)22(15)13-16-6-8-18(9-7-16)21-11-10-20-14-21/h2-11,14-15H,12-13H2,1H3. The van der Waals surface area contributed by atoms with Crippen LogP contribution in [0.5, 0.6) is 0 Å². The predicted molar refractivity (Wildman–Crippen MR) is 89.4 cm³/mol. The molecule has 1 atom stereocenters. The van der Waals surface area contributed by atoms with Crippen LogP contribution in [0.15, 0.2) is 67.3 Å². The van der Waals surface area contributed by atoms with E-state index in [2.05, 4.69) is 65.3 Å². The van der Waals surface area contributed by atoms with Gasteiger partial charge in [-0.25, -0.2) is 4.98 Å². The van der Waals surface area contributed by atoms with E-state index in [0.29, 0.717) is 6.04 Å². The number of hydrogen-bond donors (Lipinski definition) is 0. The second-order valence-electron chi connectivity index (χ2n) is 5.95. The van der Waals surface area contributed by atoms with Crippen molar-refractivity contribution in [1.82, 2.24) is 9.55 Å². The van der Waals surface area contributed by atoms with Crippen LogP contribution in [0.25, 0.3) is 5.69 Å². The van der Waals surface area contributed by atoms with Gasteiger partial charge in [-0.15, -0.1) is 0 Å². The Hall–Kier alpha value is -2.55. The average Bonchev–Trinajstić information content (AvgIpc) is 3.17. The van der Waals surface area contributed by atoms with Crippen LogP contribution in [0, 0.1) is 0 Å². The van der Waals surface area contributed by atoms with E-state index in [1.807, 2.05) is 17.1 Å². The lowest BCUT2D eigenvalue weighted by Gasteiger charge is -2.25. The third-order valence-corrected chi connectivity index (χ3v) is 4.44. The molecule has 1 aliphatic heterocycles. The molecule has 2 aromatic carbocycles. The quantitative estimate of drug-likeness (QED) is 0.731. The van der Waals surface area contributed by atoms with Gasteiger partial charge in [-0.2, -0.15) is 0 Å². The van der Waals surface area contributed by atoms with E-state index in [-0.39, 0.29) is 0 Å². The Balaban J connectivity index is 1.57. The Kier molecular flexibility index (Phi) is 3.19. The van der Waals surface area contributed by atoms with Crippen molar-refractivity contribution >= 4 is 5.69 Å². The number of aromatic nitrogens is 2. The van der Waals surface area contributed by atoms with Gasteiger partial charge in [0.25, 0.3) is 0 Å². The van der Waals surface area contributed by atoms with Crippen molar-refractivity contribution in [3.8, 4) is 5.69 Å². The number of fused-ring (bicyclic) bond motifs is 1. The molecule has 110 valence electrons. The fraction of sp³-hybridized carbons (Fsp3) is 0.211. The zero-order chi connectivity index (χ0) is 14.9. The van der Waals surface area contributed by atoms with Crippen molar-refractivity contribution in [3.63, 3.8) is 0 Å². The fourth-order valence-electron chi connectivity index (χ4n) is 3.25. The molecule has 4 rings (SSSR count). The van der Waals surface area contributed by atoms with Gasteiger partial charge >= 0.3 is 0 Å². The van der Waals surface area contributed by atoms with Crippen molar-refractivity contribution in [2.24, 2.45) is 0 Å². The summed E-state index contributed by atoms with van der Waals surface area (Å²) in [6, 6.07) is 18.0. The molecule has 0 amide bonds. The van der Waals surface area contributed by atoms with Gasteiger partial charge in [0.1, 0.15) is 0 Å². The highest BCUT2D eigenvalue weighted by Gasteiger charge is 2.25. The van der Waals surface area contributed by atoms with Crippen LogP contribution in [-0.2, 0) is 13.0 Å². The summed E-state index contributed by atoms with van der Waals surface area (Å²) in [7, 11) is 0. The summed E-state index contributed by atoms with van der Waals surface area (Å²) in [6.45, 7) is 3.27. The second-order valence-corrected chi connectivity index (χ2v) is 5.95. The van der Waals surface area contributed by atoms with Crippen LogP contribution in [0.3, 0.4) is 0 Å². The zero-order valence-electron chi connectivity index (χ0n) is 12.7. The molecule has 1 aromatic heterocycles. The summed E-state index contributed by atoms with van der Waals surface area (Å²) >= 11 is 0. The maximum absolute atomic E-state index is 4.09. The first-order valence-electron chi connectivity index (χ1n) is 7.73. The topological polar surface area (TPSA) is 21.1 Å². The molecule has 0 radical (unpaired) electrons. The van der Waals surface area contributed by atoms with Crippen LogP contribution in [0.4, 0.5) is 5.69 Å². The van der Waals surface area contributed by atoms with Gasteiger partial charge in [0.15, 0.2) is 0 Å². The molecule has 0 fully saturated rings. The minimum atomic E-state index is 0.561. The highest BCUT2D eigenvalue weighted by molar-refractivity contribution is 5.59. The van der Waals surface area contributed by atoms with Crippen LogP contribution in [-0.4, -0.2) is 15.6 Å². The SMILES string of the molecule is CC1Cc2ccccc2N1Cc1ccc(-n2ccnc2)cc1. The minimum Gasteiger partial charge on any atom is -0.364 e. The summed E-state index contributed by atoms with van der Waals surface area (Å²) in [5.74, 6) is 0. The van der Waals surface area contributed by atoms with E-state index in [1.54, 1.807) is 6.20 Å². The number of nitrogens with zero attached hydrogens (tertiary/aromatic N) is 3. The number of anilines is 1. The molecular weight excluding hydrogens is 270 g/mol. The van der Waals surface area contributed by atoms with E-state index in [4.69, 9.17) is 0 Å². The van der Waals surface area contributed by atoms with Gasteiger partial charge in [-0.05, 0) is 42.7 Å². The summed E-state index contributed by atoms with van der Waals surface area (Å²) in [5.41, 5.74) is 5.34. The molecule has 3 heteroatoms. The molecule has 1 aliphatic rings. The van der Waals surface area contributed by atoms with Crippen molar-refractivity contribution in [2.75, 3.05) is 4.90 Å². The summed E-state index contributed by atoms with van der Waals surface area (Å²) in [5, 5.41) is 0. The Labute approximate surface area is 130 Å². The van der Waals surface area contributed by atoms with E-state index in [9.17, 15) is 0 Å². The van der Waals surface area contributed by atoms with E-state index in [0.717, 1.165) is 18.7 Å². The second kappa shape index (κ2) is 5.34. The maximum atomic E-state index is 4.09. The average molecular weight is 289 g/mol. The fourth-order valence-corrected chi connectivity index (χ4v) is 3.25. The molecule has 0 saturated carbocycles. The highest BCUT2D eigenvalue weighted by atomic mass is 15.2. The van der Waals surface area contributed by atoms with Gasteiger partial charge < -0.3 is 9.47 Å². The third-order valence-electron chi connectivity index (χ3n) is 4.44. The van der Waals surface area contributed by atoms with E-state index >= 15 is 0 Å². The van der Waals surface area contributed by atoms with Crippen LogP contribution in [0.2, 0.25) is 0 Å². The van der Waals surface area contributed by atoms with Crippen molar-refractivity contribution < 1.29 is 0 Å². The smallest absolute Gasteiger partial charge is 0.0991 e. The van der Waals surface area contributed by atoms with Gasteiger partial charge in [0.05, 0.1) is 6.33 Å². The highest BCUT2D eigenvalue weighted by Crippen LogP contribution is 2.33. The van der Waals surface area contributed by atoms with Crippen LogP contribution in [0.1, 0.15) is 18.1 Å². The predicted octanol–water partition coefficient (Wildman–Crippen LogP) is 3.82. The summed E-state index contributed by atoms with van der Waals surface area (Å²) < 4.78 is 2.03. The number of rotatable bonds is 3. The van der Waals surface area contributed by atoms with Gasteiger partial charge in [-0.1, -0.05) is 30.3 Å². The Morgan fingerprint density at radius 3 is 2.68 bits per heavy atom. The lowest BCUT2D eigenvalue weighted by molar-refractivity contribution is 0.672. The molecule has 3 nitrogen and oxygen atoms in total. The first-order chi connectivity index (χ1) is 10.8. The van der Waals surface area contributed by atoms with Gasteiger partial charge in [0, 0.05) is 36.4 Å². The van der Waals surface area contributed by atoms with E-state index < -0.39 is 0 Å². The number of benzene rings is 2. The lowest BCUT2D eigenvalue weighted by atomic mass is 10.1. The number of imidazole rings is 1. The summed E-state index contributed by atoms with van der Waals surface area (Å²) in [4.78, 5) is 6.60. The monoisotopic (exact) mass is 289 g/mol. The normalized spacial score (nSPS) is 16.8. The molecule has 2 heterocycles. The summed E-state index contributed by atoms with van der Waals surface area (Å²) in [6.07, 6.45) is 6.74. The third kappa shape index (κ3) is 2.29. The molecule has 22 heavy (non-hydrogen) atoms. The van der Waals surface area contributed by atoms with Gasteiger partial charge in [0.2, 0.25) is 0 Å². The lowest BCUT2D eigenvalue weighted by Crippen LogP contribution is -2.28. The molecular formula is C19H19N3. The van der Waals surface area contributed by atoms with Crippen molar-refractivity contribution in [2.45, 2.75) is 25.9 Å². The Morgan fingerprint density at radius 2 is 1.91 bits per heavy atom. The van der Waals surface area contributed by atoms with Crippen LogP contribution < -0.4 is 4.90 Å². The molecule has 0 saturated heterocycles. The van der Waals surface area contributed by atoms with Gasteiger partial charge in [-0.3, -0.25) is 0 Å². The first kappa shape index (κ1) is 13.1. The van der Waals surface area contributed by atoms with E-state index in [1.165, 1.54) is 16.8 Å². The van der Waals surface area contributed by atoms with Crippen molar-refractivity contribution in [1.29, 1.82) is 0 Å². The molecule has 0 spiro atoms. The molecule has 0 bridgehead atoms. The minimum absolute atomic E-state index is 0.561. The molecule has 1 unspecified atom stereocenters. The number of para-hydroxylation sites is 1. The molecule has 3 aromatic rings. The largest absolute Gasteiger partial charge is 0.364 e. The molecule has 0 aliphatic carbocycles. The molecule has 0 N–H and O–H groups in total. The maximum Gasteiger partial charge on any atom is 0.0991 e. The zero-order valence-corrected chi connectivity index (χ0v) is 12.7. The van der Waals surface area contributed by atoms with Crippen LogP contribution >= 0.6 is 0 Å². The first-order valence-corrected chi connectivity index (χ1v) is 7.73. The Bertz CT molecular complexity index is 760. The van der Waals surface area contributed by atoms with Crippen molar-refractivity contribution in [3.05, 3.63) is 78.4 Å². The number of hydrogen-bond acceptors (Lipinski definition) is 2.